The van der Waals surface area contributed by atoms with E-state index in [1.807, 2.05) is 0 Å². The first-order valence-electron chi connectivity index (χ1n) is 6.12. The van der Waals surface area contributed by atoms with Crippen LogP contribution in [-0.2, 0) is 14.8 Å². The summed E-state index contributed by atoms with van der Waals surface area (Å²) in [7, 11) is -1.91. The molecule has 6 nitrogen and oxygen atoms in total. The molecule has 1 rings (SSSR count). The lowest BCUT2D eigenvalue weighted by atomic mass is 10.2. The third-order valence-electron chi connectivity index (χ3n) is 2.25. The Morgan fingerprint density at radius 2 is 2.30 bits per heavy atom. The van der Waals surface area contributed by atoms with Gasteiger partial charge in [-0.1, -0.05) is 11.8 Å². The summed E-state index contributed by atoms with van der Waals surface area (Å²) in [4.78, 5) is 3.94. The second kappa shape index (κ2) is 8.53. The number of anilines is 1. The number of aliphatic hydroxyl groups excluding tert-OH is 1. The Hall–Kier alpha value is -1.62. The average Bonchev–Trinajstić information content (AvgIpc) is 2.39. The number of rotatable bonds is 7. The van der Waals surface area contributed by atoms with Crippen LogP contribution in [0.15, 0.2) is 18.3 Å². The van der Waals surface area contributed by atoms with Crippen LogP contribution in [0, 0.1) is 11.8 Å². The molecule has 0 unspecified atom stereocenters. The summed E-state index contributed by atoms with van der Waals surface area (Å²) in [5.41, 5.74) is 0.642. The molecule has 2 N–H and O–H groups in total. The Kier molecular flexibility index (Phi) is 7.01. The molecule has 7 heteroatoms. The molecular weight excluding hydrogens is 280 g/mol. The fraction of sp³-hybridized carbons (Fsp3) is 0.462. The van der Waals surface area contributed by atoms with Crippen LogP contribution in [0.25, 0.3) is 0 Å². The van der Waals surface area contributed by atoms with Gasteiger partial charge in [0.25, 0.3) is 0 Å². The molecule has 0 radical (unpaired) electrons. The first-order chi connectivity index (χ1) is 9.57. The van der Waals surface area contributed by atoms with Crippen LogP contribution in [0.5, 0.6) is 0 Å². The van der Waals surface area contributed by atoms with E-state index in [0.29, 0.717) is 25.0 Å². The molecule has 0 aliphatic heterocycles. The van der Waals surface area contributed by atoms with Gasteiger partial charge in [-0.3, -0.25) is 4.72 Å². The van der Waals surface area contributed by atoms with E-state index in [4.69, 9.17) is 9.84 Å². The lowest BCUT2D eigenvalue weighted by Gasteiger charge is -2.07. The van der Waals surface area contributed by atoms with Gasteiger partial charge in [0.05, 0.1) is 12.4 Å². The number of methoxy groups -OCH3 is 1. The molecule has 1 aromatic rings. The highest BCUT2D eigenvalue weighted by molar-refractivity contribution is 7.92. The van der Waals surface area contributed by atoms with E-state index in [1.54, 1.807) is 12.1 Å². The molecule has 0 aliphatic carbocycles. The summed E-state index contributed by atoms with van der Waals surface area (Å²) in [5, 5.41) is 8.64. The van der Waals surface area contributed by atoms with E-state index in [0.717, 1.165) is 0 Å². The number of aliphatic hydroxyl groups is 1. The Morgan fingerprint density at radius 3 is 3.00 bits per heavy atom. The van der Waals surface area contributed by atoms with Crippen molar-refractivity contribution in [3.8, 4) is 11.8 Å². The van der Waals surface area contributed by atoms with Crippen molar-refractivity contribution in [2.75, 3.05) is 30.8 Å². The van der Waals surface area contributed by atoms with E-state index < -0.39 is 10.0 Å². The van der Waals surface area contributed by atoms with Gasteiger partial charge in [-0.2, -0.15) is 0 Å². The maximum absolute atomic E-state index is 11.8. The minimum atomic E-state index is -3.43. The molecule has 0 saturated heterocycles. The minimum absolute atomic E-state index is 0.00291. The molecule has 0 spiro atoms. The van der Waals surface area contributed by atoms with Crippen molar-refractivity contribution in [3.63, 3.8) is 0 Å². The van der Waals surface area contributed by atoms with Crippen molar-refractivity contribution in [2.45, 2.75) is 12.8 Å². The molecule has 0 aromatic carbocycles. The lowest BCUT2D eigenvalue weighted by molar-refractivity contribution is 0.199. The number of hydrogen-bond acceptors (Lipinski definition) is 5. The molecule has 0 amide bonds. The van der Waals surface area contributed by atoms with Crippen molar-refractivity contribution in [3.05, 3.63) is 23.9 Å². The minimum Gasteiger partial charge on any atom is -0.395 e. The topological polar surface area (TPSA) is 88.5 Å². The first-order valence-corrected chi connectivity index (χ1v) is 7.78. The number of ether oxygens (including phenoxy) is 1. The van der Waals surface area contributed by atoms with Crippen molar-refractivity contribution < 1.29 is 18.3 Å². The van der Waals surface area contributed by atoms with Gasteiger partial charge in [-0.25, -0.2) is 13.4 Å². The quantitative estimate of drug-likeness (QED) is 0.568. The number of nitrogens with zero attached hydrogens (tertiary/aromatic N) is 1. The third-order valence-corrected chi connectivity index (χ3v) is 3.60. The maximum atomic E-state index is 11.8. The second-order valence-corrected chi connectivity index (χ2v) is 5.81. The number of nitrogens with one attached hydrogen (secondary N) is 1. The number of pyridine rings is 1. The molecule has 0 saturated carbocycles. The number of sulfonamides is 1. The summed E-state index contributed by atoms with van der Waals surface area (Å²) in [6.07, 6.45) is 2.28. The fourth-order valence-corrected chi connectivity index (χ4v) is 2.42. The second-order valence-electron chi connectivity index (χ2n) is 3.97. The van der Waals surface area contributed by atoms with Gasteiger partial charge >= 0.3 is 0 Å². The molecule has 0 fully saturated rings. The Labute approximate surface area is 119 Å². The van der Waals surface area contributed by atoms with Gasteiger partial charge in [0, 0.05) is 31.9 Å². The normalized spacial score (nSPS) is 10.7. The Bertz CT molecular complexity index is 576. The smallest absolute Gasteiger partial charge is 0.233 e. The number of aromatic nitrogens is 1. The molecule has 1 heterocycles. The van der Waals surface area contributed by atoms with E-state index in [2.05, 4.69) is 21.5 Å². The molecule has 0 bridgehead atoms. The third kappa shape index (κ3) is 6.52. The summed E-state index contributed by atoms with van der Waals surface area (Å²) in [5.74, 6) is 5.79. The molecule has 1 aromatic heterocycles. The summed E-state index contributed by atoms with van der Waals surface area (Å²) >= 11 is 0. The van der Waals surface area contributed by atoms with Gasteiger partial charge in [-0.05, 0) is 18.6 Å². The van der Waals surface area contributed by atoms with E-state index >= 15 is 0 Å². The van der Waals surface area contributed by atoms with Crippen LogP contribution < -0.4 is 4.72 Å². The highest BCUT2D eigenvalue weighted by Gasteiger charge is 2.10. The molecule has 110 valence electrons. The van der Waals surface area contributed by atoms with Crippen molar-refractivity contribution in [1.82, 2.24) is 4.98 Å². The summed E-state index contributed by atoms with van der Waals surface area (Å²) in [6, 6.07) is 3.23. The molecule has 0 aliphatic rings. The molecule has 0 atom stereocenters. The zero-order valence-electron chi connectivity index (χ0n) is 11.3. The van der Waals surface area contributed by atoms with Gasteiger partial charge in [0.2, 0.25) is 10.0 Å². The molecular formula is C13H18N2O4S. The highest BCUT2D eigenvalue weighted by atomic mass is 32.2. The first kappa shape index (κ1) is 16.4. The van der Waals surface area contributed by atoms with Crippen molar-refractivity contribution >= 4 is 15.8 Å². The van der Waals surface area contributed by atoms with Gasteiger partial charge < -0.3 is 9.84 Å². The lowest BCUT2D eigenvalue weighted by Crippen LogP contribution is -2.18. The largest absolute Gasteiger partial charge is 0.395 e. The fourth-order valence-electron chi connectivity index (χ4n) is 1.39. The van der Waals surface area contributed by atoms with Crippen LogP contribution in [0.4, 0.5) is 5.82 Å². The van der Waals surface area contributed by atoms with E-state index in [1.165, 1.54) is 13.3 Å². The van der Waals surface area contributed by atoms with Crippen molar-refractivity contribution in [1.29, 1.82) is 0 Å². The predicted octanol–water partition coefficient (Wildman–Crippen LogP) is 0.594. The highest BCUT2D eigenvalue weighted by Crippen LogP contribution is 2.08. The van der Waals surface area contributed by atoms with E-state index in [-0.39, 0.29) is 18.2 Å². The molecule has 20 heavy (non-hydrogen) atoms. The van der Waals surface area contributed by atoms with Crippen LogP contribution in [0.2, 0.25) is 0 Å². The zero-order valence-corrected chi connectivity index (χ0v) is 12.1. The van der Waals surface area contributed by atoms with E-state index in [9.17, 15) is 8.42 Å². The van der Waals surface area contributed by atoms with Crippen molar-refractivity contribution in [2.24, 2.45) is 0 Å². The van der Waals surface area contributed by atoms with Crippen LogP contribution in [0.3, 0.4) is 0 Å². The Morgan fingerprint density at radius 1 is 1.50 bits per heavy atom. The van der Waals surface area contributed by atoms with Gasteiger partial charge in [0.15, 0.2) is 0 Å². The van der Waals surface area contributed by atoms with Crippen LogP contribution in [0.1, 0.15) is 18.4 Å². The maximum Gasteiger partial charge on any atom is 0.233 e. The zero-order chi connectivity index (χ0) is 14.8. The van der Waals surface area contributed by atoms with Crippen LogP contribution >= 0.6 is 0 Å². The SMILES string of the molecule is COCCCS(=O)(=O)Nc1cc(C#CCCO)ccn1. The Balaban J connectivity index is 2.68. The van der Waals surface area contributed by atoms with Crippen LogP contribution in [-0.4, -0.2) is 44.6 Å². The monoisotopic (exact) mass is 298 g/mol. The predicted molar refractivity (Wildman–Crippen MR) is 76.7 cm³/mol. The van der Waals surface area contributed by atoms with Gasteiger partial charge in [0.1, 0.15) is 5.82 Å². The summed E-state index contributed by atoms with van der Waals surface area (Å²) < 4.78 is 30.8. The summed E-state index contributed by atoms with van der Waals surface area (Å²) in [6.45, 7) is 0.387. The van der Waals surface area contributed by atoms with Gasteiger partial charge in [-0.15, -0.1) is 0 Å². The standard InChI is InChI=1S/C13H18N2O4S/c1-19-9-4-10-20(17,18)15-13-11-12(6-7-14-13)5-2-3-8-16/h6-7,11,16H,3-4,8-10H2,1H3,(H,14,15). The average molecular weight is 298 g/mol. The number of hydrogen-bond donors (Lipinski definition) is 2.